The third-order valence-corrected chi connectivity index (χ3v) is 1.84. The van der Waals surface area contributed by atoms with Crippen molar-refractivity contribution in [3.63, 3.8) is 0 Å². The van der Waals surface area contributed by atoms with Crippen LogP contribution in [0.5, 0.6) is 5.75 Å². The highest BCUT2D eigenvalue weighted by Gasteiger charge is 2.08. The first-order chi connectivity index (χ1) is 7.21. The first-order valence-electron chi connectivity index (χ1n) is 4.60. The van der Waals surface area contributed by atoms with Gasteiger partial charge in [-0.1, -0.05) is 6.58 Å². The average Bonchev–Trinajstić information content (AvgIpc) is 2.28. The van der Waals surface area contributed by atoms with Gasteiger partial charge in [-0.15, -0.1) is 0 Å². The molecule has 0 saturated carbocycles. The Morgan fingerprint density at radius 1 is 1.47 bits per heavy atom. The standard InChI is InChI=1S/C12H13O3/c1-4-9-6-10(12(13)14-3)8-11(7-9)15-5-2/h6-8H,1,5H2,2-3H3. The highest BCUT2D eigenvalue weighted by Crippen LogP contribution is 2.18. The van der Waals surface area contributed by atoms with E-state index < -0.39 is 5.97 Å². The summed E-state index contributed by atoms with van der Waals surface area (Å²) >= 11 is 0. The molecule has 0 amide bonds. The summed E-state index contributed by atoms with van der Waals surface area (Å²) in [7, 11) is 1.34. The second-order valence-electron chi connectivity index (χ2n) is 2.85. The molecule has 1 aromatic rings. The van der Waals surface area contributed by atoms with Crippen molar-refractivity contribution in [1.29, 1.82) is 0 Å². The monoisotopic (exact) mass is 205 g/mol. The molecule has 3 nitrogen and oxygen atoms in total. The van der Waals surface area contributed by atoms with Crippen molar-refractivity contribution in [3.05, 3.63) is 42.0 Å². The molecule has 0 fully saturated rings. The molecule has 0 atom stereocenters. The van der Waals surface area contributed by atoms with E-state index in [1.165, 1.54) is 7.11 Å². The summed E-state index contributed by atoms with van der Waals surface area (Å²) in [6, 6.07) is 5.06. The molecule has 0 aliphatic heterocycles. The van der Waals surface area contributed by atoms with Crippen molar-refractivity contribution in [1.82, 2.24) is 0 Å². The van der Waals surface area contributed by atoms with Crippen LogP contribution in [0.25, 0.3) is 0 Å². The van der Waals surface area contributed by atoms with Crippen LogP contribution in [0.3, 0.4) is 0 Å². The molecule has 0 N–H and O–H groups in total. The van der Waals surface area contributed by atoms with Gasteiger partial charge in [0.2, 0.25) is 0 Å². The summed E-state index contributed by atoms with van der Waals surface area (Å²) in [5.41, 5.74) is 1.15. The van der Waals surface area contributed by atoms with Gasteiger partial charge in [0.05, 0.1) is 19.3 Å². The lowest BCUT2D eigenvalue weighted by atomic mass is 10.1. The zero-order valence-corrected chi connectivity index (χ0v) is 8.87. The summed E-state index contributed by atoms with van der Waals surface area (Å²) in [5.74, 6) is 0.222. The molecule has 0 bridgehead atoms. The van der Waals surface area contributed by atoms with Crippen molar-refractivity contribution < 1.29 is 14.3 Å². The zero-order chi connectivity index (χ0) is 11.3. The van der Waals surface area contributed by atoms with Crippen LogP contribution in [0.15, 0.2) is 24.8 Å². The van der Waals surface area contributed by atoms with E-state index in [2.05, 4.69) is 17.4 Å². The van der Waals surface area contributed by atoms with E-state index in [1.807, 2.05) is 6.92 Å². The number of benzene rings is 1. The maximum Gasteiger partial charge on any atom is 0.338 e. The number of hydrogen-bond donors (Lipinski definition) is 0. The van der Waals surface area contributed by atoms with Crippen molar-refractivity contribution >= 4 is 5.97 Å². The van der Waals surface area contributed by atoms with Crippen molar-refractivity contribution in [2.24, 2.45) is 0 Å². The highest BCUT2D eigenvalue weighted by molar-refractivity contribution is 5.90. The fraction of sp³-hybridized carbons (Fsp3) is 0.250. The van der Waals surface area contributed by atoms with Gasteiger partial charge >= 0.3 is 5.97 Å². The molecule has 0 unspecified atom stereocenters. The van der Waals surface area contributed by atoms with Crippen molar-refractivity contribution in [3.8, 4) is 5.75 Å². The van der Waals surface area contributed by atoms with Gasteiger partial charge in [0.15, 0.2) is 0 Å². The van der Waals surface area contributed by atoms with Crippen LogP contribution in [0.2, 0.25) is 0 Å². The van der Waals surface area contributed by atoms with Crippen LogP contribution in [0, 0.1) is 6.08 Å². The quantitative estimate of drug-likeness (QED) is 0.707. The van der Waals surface area contributed by atoms with Gasteiger partial charge < -0.3 is 9.47 Å². The minimum atomic E-state index is -0.395. The molecule has 0 heterocycles. The van der Waals surface area contributed by atoms with Gasteiger partial charge in [-0.2, -0.15) is 0 Å². The highest BCUT2D eigenvalue weighted by atomic mass is 16.5. The summed E-state index contributed by atoms with van der Waals surface area (Å²) in [6.45, 7) is 5.95. The number of hydrogen-bond acceptors (Lipinski definition) is 3. The predicted octanol–water partition coefficient (Wildman–Crippen LogP) is 2.21. The minimum absolute atomic E-state index is 0.395. The molecule has 79 valence electrons. The zero-order valence-electron chi connectivity index (χ0n) is 8.87. The van der Waals surface area contributed by atoms with E-state index in [-0.39, 0.29) is 0 Å². The molecule has 1 rings (SSSR count). The smallest absolute Gasteiger partial charge is 0.338 e. The Bertz CT molecular complexity index is 369. The second kappa shape index (κ2) is 5.20. The number of esters is 1. The Labute approximate surface area is 89.3 Å². The Balaban J connectivity index is 3.10. The normalized spacial score (nSPS) is 9.47. The SMILES string of the molecule is C=[C]c1cc(OCC)cc(C(=O)OC)c1. The number of rotatable bonds is 4. The Morgan fingerprint density at radius 3 is 2.73 bits per heavy atom. The molecule has 1 radical (unpaired) electrons. The van der Waals surface area contributed by atoms with E-state index in [0.29, 0.717) is 23.5 Å². The van der Waals surface area contributed by atoms with Crippen LogP contribution in [0.4, 0.5) is 0 Å². The van der Waals surface area contributed by atoms with Crippen LogP contribution in [-0.2, 0) is 4.74 Å². The van der Waals surface area contributed by atoms with E-state index in [0.717, 1.165) is 0 Å². The molecule has 0 spiro atoms. The van der Waals surface area contributed by atoms with Gasteiger partial charge in [-0.05, 0) is 36.8 Å². The van der Waals surface area contributed by atoms with Gasteiger partial charge in [0.1, 0.15) is 5.75 Å². The van der Waals surface area contributed by atoms with E-state index >= 15 is 0 Å². The molecule has 0 aliphatic carbocycles. The minimum Gasteiger partial charge on any atom is -0.494 e. The molecule has 0 saturated heterocycles. The van der Waals surface area contributed by atoms with Gasteiger partial charge in [-0.25, -0.2) is 4.79 Å². The molecular formula is C12H13O3. The molecular weight excluding hydrogens is 192 g/mol. The summed E-state index contributed by atoms with van der Waals surface area (Å²) in [5, 5.41) is 0. The number of ether oxygens (including phenoxy) is 2. The average molecular weight is 205 g/mol. The van der Waals surface area contributed by atoms with Crippen LogP contribution in [0.1, 0.15) is 22.8 Å². The Hall–Kier alpha value is -1.77. The van der Waals surface area contributed by atoms with Crippen LogP contribution < -0.4 is 4.74 Å². The third kappa shape index (κ3) is 2.84. The fourth-order valence-electron chi connectivity index (χ4n) is 1.19. The molecule has 0 aliphatic rings. The number of methoxy groups -OCH3 is 1. The predicted molar refractivity (Wildman–Crippen MR) is 56.9 cm³/mol. The number of carbonyl (C=O) groups is 1. The molecule has 3 heteroatoms. The first kappa shape index (κ1) is 11.3. The lowest BCUT2D eigenvalue weighted by Crippen LogP contribution is -2.03. The van der Waals surface area contributed by atoms with Gasteiger partial charge in [-0.3, -0.25) is 0 Å². The largest absolute Gasteiger partial charge is 0.494 e. The Morgan fingerprint density at radius 2 is 2.20 bits per heavy atom. The van der Waals surface area contributed by atoms with Gasteiger partial charge in [0, 0.05) is 0 Å². The summed E-state index contributed by atoms with van der Waals surface area (Å²) in [4.78, 5) is 11.3. The van der Waals surface area contributed by atoms with Gasteiger partial charge in [0.25, 0.3) is 0 Å². The number of carbonyl (C=O) groups excluding carboxylic acids is 1. The Kier molecular flexibility index (Phi) is 3.92. The topological polar surface area (TPSA) is 35.5 Å². The summed E-state index contributed by atoms with van der Waals surface area (Å²) in [6.07, 6.45) is 2.71. The lowest BCUT2D eigenvalue weighted by molar-refractivity contribution is 0.0600. The van der Waals surface area contributed by atoms with Crippen LogP contribution in [-0.4, -0.2) is 19.7 Å². The van der Waals surface area contributed by atoms with E-state index in [4.69, 9.17) is 4.74 Å². The summed E-state index contributed by atoms with van der Waals surface area (Å²) < 4.78 is 9.93. The van der Waals surface area contributed by atoms with Crippen LogP contribution >= 0.6 is 0 Å². The van der Waals surface area contributed by atoms with Crippen molar-refractivity contribution in [2.45, 2.75) is 6.92 Å². The molecule has 15 heavy (non-hydrogen) atoms. The maximum atomic E-state index is 11.3. The van der Waals surface area contributed by atoms with E-state index in [1.54, 1.807) is 18.2 Å². The first-order valence-corrected chi connectivity index (χ1v) is 4.60. The molecule has 1 aromatic carbocycles. The van der Waals surface area contributed by atoms with Crippen molar-refractivity contribution in [2.75, 3.05) is 13.7 Å². The second-order valence-corrected chi connectivity index (χ2v) is 2.85. The lowest BCUT2D eigenvalue weighted by Gasteiger charge is -2.06. The fourth-order valence-corrected chi connectivity index (χ4v) is 1.19. The maximum absolute atomic E-state index is 11.3. The third-order valence-electron chi connectivity index (χ3n) is 1.84. The van der Waals surface area contributed by atoms with E-state index in [9.17, 15) is 4.79 Å². The molecule has 0 aromatic heterocycles.